The Morgan fingerprint density at radius 3 is 2.14 bits per heavy atom. The number of carbonyl (C=O) groups is 4. The van der Waals surface area contributed by atoms with Crippen molar-refractivity contribution in [1.29, 1.82) is 0 Å². The van der Waals surface area contributed by atoms with Crippen LogP contribution in [0.3, 0.4) is 0 Å². The van der Waals surface area contributed by atoms with Crippen LogP contribution in [0.25, 0.3) is 0 Å². The Hall–Kier alpha value is -3.62. The number of rotatable bonds is 9. The topological polar surface area (TPSA) is 151 Å². The van der Waals surface area contributed by atoms with Crippen molar-refractivity contribution in [3.8, 4) is 0 Å². The van der Waals surface area contributed by atoms with Crippen LogP contribution in [0, 0.1) is 0 Å². The van der Waals surface area contributed by atoms with Crippen LogP contribution in [0.4, 0.5) is 14.4 Å². The lowest BCUT2D eigenvalue weighted by Gasteiger charge is -2.31. The molecular formula is C29H44N6O8. The maximum absolute atomic E-state index is 13.1. The van der Waals surface area contributed by atoms with Crippen molar-refractivity contribution < 1.29 is 38.3 Å². The summed E-state index contributed by atoms with van der Waals surface area (Å²) in [6.45, 7) is 11.8. The van der Waals surface area contributed by atoms with Crippen LogP contribution < -0.4 is 16.1 Å². The van der Waals surface area contributed by atoms with Gasteiger partial charge in [0.2, 0.25) is 0 Å². The molecule has 0 unspecified atom stereocenters. The number of piperidine rings is 1. The summed E-state index contributed by atoms with van der Waals surface area (Å²) in [5.41, 5.74) is 2.01. The van der Waals surface area contributed by atoms with Crippen LogP contribution in [0.5, 0.6) is 0 Å². The molecule has 3 heterocycles. The lowest BCUT2D eigenvalue weighted by atomic mass is 10.0. The zero-order valence-corrected chi connectivity index (χ0v) is 25.8. The van der Waals surface area contributed by atoms with Gasteiger partial charge in [0, 0.05) is 19.6 Å². The Kier molecular flexibility index (Phi) is 10.0. The summed E-state index contributed by atoms with van der Waals surface area (Å²) >= 11 is 0. The Morgan fingerprint density at radius 2 is 1.53 bits per heavy atom. The first-order valence-corrected chi connectivity index (χ1v) is 14.6. The van der Waals surface area contributed by atoms with Crippen molar-refractivity contribution in [3.05, 3.63) is 35.9 Å². The van der Waals surface area contributed by atoms with Crippen molar-refractivity contribution in [2.45, 2.75) is 103 Å². The van der Waals surface area contributed by atoms with Gasteiger partial charge in [-0.05, 0) is 66.4 Å². The number of likely N-dealkylation sites (tertiary alicyclic amines) is 1. The molecule has 0 aliphatic carbocycles. The zero-order chi connectivity index (χ0) is 31.4. The number of fused-ring (bicyclic) bond motifs is 2. The second kappa shape index (κ2) is 13.3. The van der Waals surface area contributed by atoms with Crippen LogP contribution in [0.2, 0.25) is 0 Å². The lowest BCUT2D eigenvalue weighted by Crippen LogP contribution is -2.59. The van der Waals surface area contributed by atoms with Crippen LogP contribution >= 0.6 is 0 Å². The number of alkyl carbamates (subject to hydrolysis) is 2. The molecule has 1 aromatic carbocycles. The van der Waals surface area contributed by atoms with Crippen molar-refractivity contribution in [2.75, 3.05) is 19.6 Å². The molecule has 0 saturated carbocycles. The Labute approximate surface area is 252 Å². The molecule has 3 aliphatic heterocycles. The maximum atomic E-state index is 13.1. The first-order valence-electron chi connectivity index (χ1n) is 14.6. The lowest BCUT2D eigenvalue weighted by molar-refractivity contribution is -0.143. The summed E-state index contributed by atoms with van der Waals surface area (Å²) in [6, 6.07) is 8.45. The van der Waals surface area contributed by atoms with E-state index in [0.29, 0.717) is 32.4 Å². The summed E-state index contributed by atoms with van der Waals surface area (Å²) in [4.78, 5) is 66.0. The van der Waals surface area contributed by atoms with E-state index in [-0.39, 0.29) is 25.2 Å². The van der Waals surface area contributed by atoms with E-state index in [1.54, 1.807) is 46.4 Å². The summed E-state index contributed by atoms with van der Waals surface area (Å²) in [5.74, 6) is -0.412. The first-order chi connectivity index (χ1) is 20.2. The van der Waals surface area contributed by atoms with Crippen molar-refractivity contribution in [1.82, 2.24) is 31.0 Å². The van der Waals surface area contributed by atoms with Gasteiger partial charge in [0.05, 0.1) is 12.1 Å². The van der Waals surface area contributed by atoms with E-state index >= 15 is 0 Å². The maximum Gasteiger partial charge on any atom is 0.410 e. The molecule has 3 atom stereocenters. The number of ether oxygens (including phenoxy) is 2. The number of nitrogens with zero attached hydrogens (tertiary/aromatic N) is 3. The van der Waals surface area contributed by atoms with Crippen LogP contribution in [0.1, 0.15) is 66.4 Å². The minimum absolute atomic E-state index is 0.114. The quantitative estimate of drug-likeness (QED) is 0.286. The van der Waals surface area contributed by atoms with Gasteiger partial charge >= 0.3 is 18.2 Å². The van der Waals surface area contributed by atoms with Gasteiger partial charge in [-0.15, -0.1) is 0 Å². The Bertz CT molecular complexity index is 1120. The van der Waals surface area contributed by atoms with Crippen LogP contribution in [-0.4, -0.2) is 94.3 Å². The third-order valence-electron chi connectivity index (χ3n) is 7.01. The minimum atomic E-state index is -0.937. The molecular weight excluding hydrogens is 560 g/mol. The third kappa shape index (κ3) is 9.18. The molecule has 14 heteroatoms. The fraction of sp³-hybridized carbons (Fsp3) is 0.655. The summed E-state index contributed by atoms with van der Waals surface area (Å²) in [7, 11) is 0. The predicted octanol–water partition coefficient (Wildman–Crippen LogP) is 2.84. The largest absolute Gasteiger partial charge is 0.444 e. The molecule has 3 fully saturated rings. The highest BCUT2D eigenvalue weighted by molar-refractivity contribution is 5.88. The molecule has 14 nitrogen and oxygen atoms in total. The first kappa shape index (κ1) is 32.3. The van der Waals surface area contributed by atoms with Gasteiger partial charge < -0.3 is 14.4 Å². The van der Waals surface area contributed by atoms with Crippen molar-refractivity contribution in [3.63, 3.8) is 0 Å². The molecule has 3 aliphatic rings. The Morgan fingerprint density at radius 1 is 0.907 bits per heavy atom. The summed E-state index contributed by atoms with van der Waals surface area (Å²) in [5, 5.41) is 6.71. The molecule has 238 valence electrons. The molecule has 0 radical (unpaired) electrons. The smallest absolute Gasteiger partial charge is 0.410 e. The average molecular weight is 605 g/mol. The predicted molar refractivity (Wildman–Crippen MR) is 154 cm³/mol. The molecule has 43 heavy (non-hydrogen) atoms. The van der Waals surface area contributed by atoms with E-state index in [1.165, 1.54) is 9.96 Å². The number of amides is 5. The number of carbonyl (C=O) groups excluding carboxylic acids is 4. The number of nitrogens with one attached hydrogen (secondary N) is 3. The van der Waals surface area contributed by atoms with E-state index < -0.39 is 47.7 Å². The van der Waals surface area contributed by atoms with Gasteiger partial charge in [-0.25, -0.2) is 19.9 Å². The molecule has 2 bridgehead atoms. The molecule has 5 amide bonds. The van der Waals surface area contributed by atoms with Crippen LogP contribution in [-0.2, 0) is 30.6 Å². The van der Waals surface area contributed by atoms with Gasteiger partial charge in [0.25, 0.3) is 5.91 Å². The van der Waals surface area contributed by atoms with Crippen molar-refractivity contribution >= 4 is 24.1 Å². The molecule has 3 N–H and O–H groups in total. The van der Waals surface area contributed by atoms with Crippen molar-refractivity contribution in [2.24, 2.45) is 0 Å². The fourth-order valence-corrected chi connectivity index (χ4v) is 5.14. The summed E-state index contributed by atoms with van der Waals surface area (Å²) < 4.78 is 10.7. The number of hydrogen-bond acceptors (Lipinski definition) is 9. The SMILES string of the molecule is CC(C)(C)OC(=O)NC(NC(=O)OC(C)(C)C)N1CC[C@H](ONC(=O)[C@@H]2CC[C@@H]3CN2C(=O)N3OCc2ccccc2)C1. The van der Waals surface area contributed by atoms with Gasteiger partial charge in [0.1, 0.15) is 23.9 Å². The van der Waals surface area contributed by atoms with Gasteiger partial charge in [0.15, 0.2) is 6.29 Å². The molecule has 0 aromatic heterocycles. The Balaban J connectivity index is 1.28. The second-order valence-electron chi connectivity index (χ2n) is 13.0. The van der Waals surface area contributed by atoms with E-state index in [2.05, 4.69) is 16.1 Å². The number of hydroxylamine groups is 3. The van der Waals surface area contributed by atoms with E-state index in [0.717, 1.165) is 5.56 Å². The normalized spacial score (nSPS) is 22.5. The minimum Gasteiger partial charge on any atom is -0.444 e. The third-order valence-corrected chi connectivity index (χ3v) is 7.01. The van der Waals surface area contributed by atoms with E-state index in [9.17, 15) is 19.2 Å². The number of urea groups is 1. The summed E-state index contributed by atoms with van der Waals surface area (Å²) in [6.07, 6.45) is -1.16. The second-order valence-corrected chi connectivity index (χ2v) is 13.0. The highest BCUT2D eigenvalue weighted by Crippen LogP contribution is 2.30. The highest BCUT2D eigenvalue weighted by Gasteiger charge is 2.48. The highest BCUT2D eigenvalue weighted by atomic mass is 16.7. The monoisotopic (exact) mass is 604 g/mol. The molecule has 4 rings (SSSR count). The number of benzene rings is 1. The molecule has 3 saturated heterocycles. The number of hydrogen-bond donors (Lipinski definition) is 3. The zero-order valence-electron chi connectivity index (χ0n) is 25.8. The van der Waals surface area contributed by atoms with Gasteiger partial charge in [-0.3, -0.25) is 30.0 Å². The van der Waals surface area contributed by atoms with Crippen LogP contribution in [0.15, 0.2) is 30.3 Å². The standard InChI is InChI=1S/C29H44N6O8/c1-28(2,3)41-25(37)30-24(31-26(38)42-29(4,5)6)33-15-14-21(17-33)43-32-23(36)22-13-12-20-16-34(22)27(39)35(20)40-18-19-10-8-7-9-11-19/h7-11,20-22,24H,12-18H2,1-6H3,(H,30,37)(H,31,38)(H,32,36)/t20-,21+,22+/m1/s1. The van der Waals surface area contributed by atoms with Gasteiger partial charge in [-0.2, -0.15) is 5.06 Å². The fourth-order valence-electron chi connectivity index (χ4n) is 5.14. The molecule has 0 spiro atoms. The van der Waals surface area contributed by atoms with Gasteiger partial charge in [-0.1, -0.05) is 30.3 Å². The molecule has 1 aromatic rings. The van der Waals surface area contributed by atoms with E-state index in [4.69, 9.17) is 19.1 Å². The van der Waals surface area contributed by atoms with E-state index in [1.807, 2.05) is 30.3 Å². The average Bonchev–Trinajstić information content (AvgIpc) is 3.47.